The van der Waals surface area contributed by atoms with Gasteiger partial charge in [0.25, 0.3) is 5.91 Å². The maximum Gasteiger partial charge on any atom is 0.253 e. The molecular formula is C14H16Br2ClNO. The van der Waals surface area contributed by atoms with Gasteiger partial charge in [-0.3, -0.25) is 4.79 Å². The monoisotopic (exact) mass is 407 g/mol. The first-order chi connectivity index (χ1) is 9.08. The van der Waals surface area contributed by atoms with Crippen molar-refractivity contribution in [3.8, 4) is 0 Å². The number of carbonyl (C=O) groups excluding carboxylic acids is 1. The molecule has 19 heavy (non-hydrogen) atoms. The summed E-state index contributed by atoms with van der Waals surface area (Å²) in [5, 5.41) is 4.44. The molecule has 0 heterocycles. The number of benzene rings is 1. The topological polar surface area (TPSA) is 29.1 Å². The summed E-state index contributed by atoms with van der Waals surface area (Å²) in [5.74, 6) is -0.0901. The largest absolute Gasteiger partial charge is 0.346 e. The van der Waals surface area contributed by atoms with E-state index in [0.29, 0.717) is 10.6 Å². The van der Waals surface area contributed by atoms with E-state index in [4.69, 9.17) is 11.6 Å². The molecule has 0 saturated heterocycles. The Labute approximate surface area is 135 Å². The summed E-state index contributed by atoms with van der Waals surface area (Å²) in [4.78, 5) is 12.4. The van der Waals surface area contributed by atoms with Gasteiger partial charge in [-0.1, -0.05) is 52.9 Å². The van der Waals surface area contributed by atoms with Gasteiger partial charge in [0, 0.05) is 9.80 Å². The molecule has 1 fully saturated rings. The second-order valence-corrected chi connectivity index (χ2v) is 6.82. The summed E-state index contributed by atoms with van der Waals surface area (Å²) in [6.07, 6.45) is 5.63. The van der Waals surface area contributed by atoms with Gasteiger partial charge < -0.3 is 5.32 Å². The van der Waals surface area contributed by atoms with E-state index in [9.17, 15) is 4.79 Å². The van der Waals surface area contributed by atoms with Gasteiger partial charge in [0.2, 0.25) is 0 Å². The van der Waals surface area contributed by atoms with Crippen LogP contribution >= 0.6 is 43.5 Å². The van der Waals surface area contributed by atoms with Crippen molar-refractivity contribution in [2.45, 2.75) is 37.6 Å². The molecule has 104 valence electrons. The van der Waals surface area contributed by atoms with Crippen molar-refractivity contribution in [2.75, 3.05) is 5.33 Å². The highest BCUT2D eigenvalue weighted by atomic mass is 79.9. The van der Waals surface area contributed by atoms with Crippen LogP contribution in [0.3, 0.4) is 0 Å². The van der Waals surface area contributed by atoms with Gasteiger partial charge in [-0.25, -0.2) is 0 Å². The minimum atomic E-state index is -0.124. The van der Waals surface area contributed by atoms with Gasteiger partial charge in [0.1, 0.15) is 0 Å². The maximum absolute atomic E-state index is 12.4. The number of hydrogen-bond donors (Lipinski definition) is 1. The molecule has 1 aromatic rings. The van der Waals surface area contributed by atoms with Crippen LogP contribution in [-0.2, 0) is 0 Å². The van der Waals surface area contributed by atoms with E-state index in [-0.39, 0.29) is 11.4 Å². The lowest BCUT2D eigenvalue weighted by Gasteiger charge is -2.36. The number of alkyl halides is 1. The van der Waals surface area contributed by atoms with Crippen LogP contribution < -0.4 is 5.32 Å². The van der Waals surface area contributed by atoms with Gasteiger partial charge in [0.15, 0.2) is 0 Å². The van der Waals surface area contributed by atoms with Crippen molar-refractivity contribution in [3.05, 3.63) is 33.3 Å². The van der Waals surface area contributed by atoms with Crippen LogP contribution in [0.1, 0.15) is 42.5 Å². The Morgan fingerprint density at radius 3 is 2.63 bits per heavy atom. The molecule has 1 amide bonds. The molecule has 5 heteroatoms. The number of carbonyl (C=O) groups is 1. The lowest BCUT2D eigenvalue weighted by molar-refractivity contribution is 0.0886. The summed E-state index contributed by atoms with van der Waals surface area (Å²) >= 11 is 13.1. The van der Waals surface area contributed by atoms with E-state index >= 15 is 0 Å². The Morgan fingerprint density at radius 1 is 1.32 bits per heavy atom. The van der Waals surface area contributed by atoms with E-state index in [0.717, 1.165) is 35.5 Å². The van der Waals surface area contributed by atoms with E-state index in [1.54, 1.807) is 6.07 Å². The zero-order chi connectivity index (χ0) is 13.9. The first-order valence-corrected chi connectivity index (χ1v) is 8.70. The molecule has 0 atom stereocenters. The van der Waals surface area contributed by atoms with Crippen LogP contribution in [0, 0.1) is 0 Å². The predicted molar refractivity (Wildman–Crippen MR) is 86.2 cm³/mol. The number of nitrogens with one attached hydrogen (secondary N) is 1. The fourth-order valence-electron chi connectivity index (χ4n) is 2.51. The van der Waals surface area contributed by atoms with Crippen molar-refractivity contribution in [1.82, 2.24) is 5.32 Å². The molecule has 2 nitrogen and oxygen atoms in total. The van der Waals surface area contributed by atoms with Crippen molar-refractivity contribution in [2.24, 2.45) is 0 Å². The third-order valence-corrected chi connectivity index (χ3v) is 6.01. The molecule has 0 radical (unpaired) electrons. The van der Waals surface area contributed by atoms with E-state index in [2.05, 4.69) is 37.2 Å². The zero-order valence-corrected chi connectivity index (χ0v) is 14.4. The summed E-state index contributed by atoms with van der Waals surface area (Å²) in [5.41, 5.74) is 0.406. The van der Waals surface area contributed by atoms with Gasteiger partial charge in [-0.15, -0.1) is 0 Å². The van der Waals surface area contributed by atoms with Crippen molar-refractivity contribution in [1.29, 1.82) is 0 Å². The van der Waals surface area contributed by atoms with E-state index < -0.39 is 0 Å². The molecule has 1 aromatic carbocycles. The van der Waals surface area contributed by atoms with Gasteiger partial charge in [-0.2, -0.15) is 0 Å². The SMILES string of the molecule is O=C(NC1(CBr)CCCCC1)c1cccc(Br)c1Cl. The standard InChI is InChI=1S/C14H16Br2ClNO/c15-9-14(7-2-1-3-8-14)18-13(19)10-5-4-6-11(16)12(10)17/h4-6H,1-3,7-9H2,(H,18,19). The molecule has 0 unspecified atom stereocenters. The summed E-state index contributed by atoms with van der Waals surface area (Å²) in [7, 11) is 0. The van der Waals surface area contributed by atoms with Crippen LogP contribution in [0.2, 0.25) is 5.02 Å². The van der Waals surface area contributed by atoms with Crippen molar-refractivity contribution >= 4 is 49.4 Å². The Hall–Kier alpha value is -0.0600. The third-order valence-electron chi connectivity index (χ3n) is 3.64. The summed E-state index contributed by atoms with van der Waals surface area (Å²) in [6.45, 7) is 0. The minimum Gasteiger partial charge on any atom is -0.346 e. The number of halogens is 3. The van der Waals surface area contributed by atoms with E-state index in [1.165, 1.54) is 6.42 Å². The zero-order valence-electron chi connectivity index (χ0n) is 10.5. The third kappa shape index (κ3) is 3.53. The molecule has 1 N–H and O–H groups in total. The average Bonchev–Trinajstić information content (AvgIpc) is 2.42. The predicted octanol–water partition coefficient (Wildman–Crippen LogP) is 4.93. The quantitative estimate of drug-likeness (QED) is 0.705. The van der Waals surface area contributed by atoms with Crippen LogP contribution in [0.4, 0.5) is 0 Å². The highest BCUT2D eigenvalue weighted by Crippen LogP contribution is 2.31. The lowest BCUT2D eigenvalue weighted by Crippen LogP contribution is -2.51. The smallest absolute Gasteiger partial charge is 0.253 e. The second-order valence-electron chi connectivity index (χ2n) is 5.03. The van der Waals surface area contributed by atoms with Crippen molar-refractivity contribution < 1.29 is 4.79 Å². The Bertz CT molecular complexity index is 473. The number of hydrogen-bond acceptors (Lipinski definition) is 1. The number of amides is 1. The van der Waals surface area contributed by atoms with Crippen LogP contribution in [-0.4, -0.2) is 16.8 Å². The molecule has 0 aromatic heterocycles. The second kappa shape index (κ2) is 6.59. The lowest BCUT2D eigenvalue weighted by atomic mass is 9.83. The highest BCUT2D eigenvalue weighted by molar-refractivity contribution is 9.10. The maximum atomic E-state index is 12.4. The van der Waals surface area contributed by atoms with Gasteiger partial charge >= 0.3 is 0 Å². The van der Waals surface area contributed by atoms with Crippen molar-refractivity contribution in [3.63, 3.8) is 0 Å². The number of rotatable bonds is 3. The Kier molecular flexibility index (Phi) is 5.32. The molecule has 0 bridgehead atoms. The molecule has 1 aliphatic rings. The molecule has 2 rings (SSSR count). The first kappa shape index (κ1) is 15.3. The fraction of sp³-hybridized carbons (Fsp3) is 0.500. The first-order valence-electron chi connectivity index (χ1n) is 6.40. The molecule has 0 spiro atoms. The average molecular weight is 410 g/mol. The molecule has 1 saturated carbocycles. The van der Waals surface area contributed by atoms with E-state index in [1.807, 2.05) is 12.1 Å². The Morgan fingerprint density at radius 2 is 2.00 bits per heavy atom. The molecule has 0 aliphatic heterocycles. The molecule has 1 aliphatic carbocycles. The fourth-order valence-corrected chi connectivity index (χ4v) is 3.79. The normalized spacial score (nSPS) is 18.1. The Balaban J connectivity index is 2.17. The molecular weight excluding hydrogens is 393 g/mol. The van der Waals surface area contributed by atoms with Gasteiger partial charge in [-0.05, 0) is 40.9 Å². The van der Waals surface area contributed by atoms with Crippen LogP contribution in [0.5, 0.6) is 0 Å². The van der Waals surface area contributed by atoms with Crippen LogP contribution in [0.25, 0.3) is 0 Å². The highest BCUT2D eigenvalue weighted by Gasteiger charge is 2.33. The summed E-state index contributed by atoms with van der Waals surface area (Å²) in [6, 6.07) is 5.42. The van der Waals surface area contributed by atoms with Crippen LogP contribution in [0.15, 0.2) is 22.7 Å². The summed E-state index contributed by atoms with van der Waals surface area (Å²) < 4.78 is 0.748. The minimum absolute atomic E-state index is 0.0901. The van der Waals surface area contributed by atoms with Gasteiger partial charge in [0.05, 0.1) is 16.1 Å².